The van der Waals surface area contributed by atoms with E-state index in [9.17, 15) is 0 Å². The quantitative estimate of drug-likeness (QED) is 0.761. The second-order valence-electron chi connectivity index (χ2n) is 6.18. The van der Waals surface area contributed by atoms with Crippen LogP contribution >= 0.6 is 15.9 Å². The van der Waals surface area contributed by atoms with Gasteiger partial charge in [0.2, 0.25) is 0 Å². The van der Waals surface area contributed by atoms with Crippen molar-refractivity contribution in [1.29, 1.82) is 0 Å². The van der Waals surface area contributed by atoms with Crippen LogP contribution in [-0.2, 0) is 0 Å². The maximum atomic E-state index is 3.65. The molecule has 1 N–H and O–H groups in total. The van der Waals surface area contributed by atoms with E-state index in [2.05, 4.69) is 71.2 Å². The van der Waals surface area contributed by atoms with Crippen LogP contribution in [-0.4, -0.2) is 30.1 Å². The van der Waals surface area contributed by atoms with Gasteiger partial charge < -0.3 is 5.32 Å². The van der Waals surface area contributed by atoms with Crippen molar-refractivity contribution in [3.8, 4) is 0 Å². The van der Waals surface area contributed by atoms with Crippen LogP contribution in [0.5, 0.6) is 0 Å². The molecular formula is C18H29BrN2. The summed E-state index contributed by atoms with van der Waals surface area (Å²) in [5.74, 6) is 0. The summed E-state index contributed by atoms with van der Waals surface area (Å²) in [5, 5.41) is 3.65. The van der Waals surface area contributed by atoms with Crippen molar-refractivity contribution < 1.29 is 0 Å². The lowest BCUT2D eigenvalue weighted by atomic mass is 10.0. The SMILES string of the molecule is CCNC(CCN1C(C)CCC1CC)c1ccc(Br)cc1. The molecule has 1 heterocycles. The first-order chi connectivity index (χ1) is 10.2. The lowest BCUT2D eigenvalue weighted by Crippen LogP contribution is -2.37. The van der Waals surface area contributed by atoms with Gasteiger partial charge in [-0.3, -0.25) is 4.90 Å². The molecule has 2 rings (SSSR count). The minimum Gasteiger partial charge on any atom is -0.310 e. The zero-order valence-electron chi connectivity index (χ0n) is 13.6. The van der Waals surface area contributed by atoms with Gasteiger partial charge in [-0.2, -0.15) is 0 Å². The van der Waals surface area contributed by atoms with Crippen molar-refractivity contribution in [2.75, 3.05) is 13.1 Å². The Morgan fingerprint density at radius 3 is 2.57 bits per heavy atom. The molecule has 0 aromatic heterocycles. The third kappa shape index (κ3) is 4.54. The Morgan fingerprint density at radius 2 is 1.95 bits per heavy atom. The number of halogens is 1. The second-order valence-corrected chi connectivity index (χ2v) is 7.09. The molecule has 0 radical (unpaired) electrons. The Morgan fingerprint density at radius 1 is 1.24 bits per heavy atom. The summed E-state index contributed by atoms with van der Waals surface area (Å²) in [7, 11) is 0. The van der Waals surface area contributed by atoms with E-state index in [0.29, 0.717) is 6.04 Å². The van der Waals surface area contributed by atoms with Gasteiger partial charge in [-0.25, -0.2) is 0 Å². The smallest absolute Gasteiger partial charge is 0.0332 e. The van der Waals surface area contributed by atoms with Crippen LogP contribution in [0.4, 0.5) is 0 Å². The van der Waals surface area contributed by atoms with Gasteiger partial charge in [-0.15, -0.1) is 0 Å². The van der Waals surface area contributed by atoms with Gasteiger partial charge in [0.15, 0.2) is 0 Å². The third-order valence-corrected chi connectivity index (χ3v) is 5.35. The minimum atomic E-state index is 0.466. The normalized spacial score (nSPS) is 24.4. The summed E-state index contributed by atoms with van der Waals surface area (Å²) >= 11 is 3.52. The summed E-state index contributed by atoms with van der Waals surface area (Å²) in [6.07, 6.45) is 5.22. The number of nitrogens with one attached hydrogen (secondary N) is 1. The van der Waals surface area contributed by atoms with Crippen LogP contribution in [0.25, 0.3) is 0 Å². The summed E-state index contributed by atoms with van der Waals surface area (Å²) in [6.45, 7) is 9.13. The fourth-order valence-corrected chi connectivity index (χ4v) is 3.84. The lowest BCUT2D eigenvalue weighted by Gasteiger charge is -2.30. The number of hydrogen-bond donors (Lipinski definition) is 1. The fraction of sp³-hybridized carbons (Fsp3) is 0.667. The van der Waals surface area contributed by atoms with Crippen molar-refractivity contribution in [1.82, 2.24) is 10.2 Å². The molecule has 0 amide bonds. The number of hydrogen-bond acceptors (Lipinski definition) is 2. The highest BCUT2D eigenvalue weighted by molar-refractivity contribution is 9.10. The van der Waals surface area contributed by atoms with Gasteiger partial charge in [0.05, 0.1) is 0 Å². The fourth-order valence-electron chi connectivity index (χ4n) is 3.57. The van der Waals surface area contributed by atoms with Crippen LogP contribution < -0.4 is 5.32 Å². The summed E-state index contributed by atoms with van der Waals surface area (Å²) in [4.78, 5) is 2.73. The molecule has 3 unspecified atom stereocenters. The Balaban J connectivity index is 1.98. The van der Waals surface area contributed by atoms with E-state index in [1.54, 1.807) is 0 Å². The van der Waals surface area contributed by atoms with E-state index < -0.39 is 0 Å². The first-order valence-electron chi connectivity index (χ1n) is 8.40. The molecule has 2 nitrogen and oxygen atoms in total. The molecule has 0 bridgehead atoms. The van der Waals surface area contributed by atoms with Crippen LogP contribution in [0, 0.1) is 0 Å². The molecule has 1 aromatic carbocycles. The van der Waals surface area contributed by atoms with Gasteiger partial charge in [-0.05, 0) is 56.8 Å². The highest BCUT2D eigenvalue weighted by Gasteiger charge is 2.29. The summed E-state index contributed by atoms with van der Waals surface area (Å²) in [5.41, 5.74) is 1.40. The maximum Gasteiger partial charge on any atom is 0.0332 e. The van der Waals surface area contributed by atoms with Gasteiger partial charge in [0, 0.05) is 29.1 Å². The van der Waals surface area contributed by atoms with Crippen LogP contribution in [0.15, 0.2) is 28.7 Å². The highest BCUT2D eigenvalue weighted by atomic mass is 79.9. The van der Waals surface area contributed by atoms with E-state index in [4.69, 9.17) is 0 Å². The standard InChI is InChI=1S/C18H29BrN2/c1-4-17-11-6-14(3)21(17)13-12-18(20-5-2)15-7-9-16(19)10-8-15/h7-10,14,17-18,20H,4-6,11-13H2,1-3H3. The molecule has 3 heteroatoms. The van der Waals surface area contributed by atoms with Crippen molar-refractivity contribution in [2.45, 2.75) is 64.6 Å². The third-order valence-electron chi connectivity index (χ3n) is 4.82. The molecule has 1 saturated heterocycles. The van der Waals surface area contributed by atoms with E-state index in [-0.39, 0.29) is 0 Å². The van der Waals surface area contributed by atoms with Crippen molar-refractivity contribution in [3.63, 3.8) is 0 Å². The summed E-state index contributed by atoms with van der Waals surface area (Å²) < 4.78 is 1.15. The zero-order valence-corrected chi connectivity index (χ0v) is 15.2. The van der Waals surface area contributed by atoms with E-state index in [1.807, 2.05) is 0 Å². The lowest BCUT2D eigenvalue weighted by molar-refractivity contribution is 0.188. The number of rotatable bonds is 7. The topological polar surface area (TPSA) is 15.3 Å². The van der Waals surface area contributed by atoms with Crippen molar-refractivity contribution in [2.24, 2.45) is 0 Å². The second kappa shape index (κ2) is 8.30. The largest absolute Gasteiger partial charge is 0.310 e. The average molecular weight is 353 g/mol. The van der Waals surface area contributed by atoms with Gasteiger partial charge in [0.1, 0.15) is 0 Å². The molecule has 0 saturated carbocycles. The molecule has 1 aromatic rings. The molecule has 21 heavy (non-hydrogen) atoms. The number of likely N-dealkylation sites (tertiary alicyclic amines) is 1. The first-order valence-corrected chi connectivity index (χ1v) is 9.19. The van der Waals surface area contributed by atoms with Crippen molar-refractivity contribution in [3.05, 3.63) is 34.3 Å². The van der Waals surface area contributed by atoms with E-state index >= 15 is 0 Å². The van der Waals surface area contributed by atoms with Crippen LogP contribution in [0.1, 0.15) is 58.1 Å². The van der Waals surface area contributed by atoms with Gasteiger partial charge >= 0.3 is 0 Å². The first kappa shape index (κ1) is 17.0. The predicted octanol–water partition coefficient (Wildman–Crippen LogP) is 4.75. The average Bonchev–Trinajstić information content (AvgIpc) is 2.85. The maximum absolute atomic E-state index is 3.65. The molecular weight excluding hydrogens is 324 g/mol. The molecule has 3 atom stereocenters. The minimum absolute atomic E-state index is 0.466. The summed E-state index contributed by atoms with van der Waals surface area (Å²) in [6, 6.07) is 10.8. The monoisotopic (exact) mass is 352 g/mol. The van der Waals surface area contributed by atoms with Crippen LogP contribution in [0.2, 0.25) is 0 Å². The Labute approximate surface area is 138 Å². The molecule has 1 aliphatic heterocycles. The Bertz CT molecular complexity index is 418. The van der Waals surface area contributed by atoms with Crippen molar-refractivity contribution >= 4 is 15.9 Å². The molecule has 1 aliphatic rings. The molecule has 1 fully saturated rings. The van der Waals surface area contributed by atoms with E-state index in [1.165, 1.54) is 37.8 Å². The number of nitrogens with zero attached hydrogens (tertiary/aromatic N) is 1. The van der Waals surface area contributed by atoms with E-state index in [0.717, 1.165) is 23.1 Å². The molecule has 0 spiro atoms. The van der Waals surface area contributed by atoms with Crippen LogP contribution in [0.3, 0.4) is 0 Å². The Kier molecular flexibility index (Phi) is 6.72. The molecule has 118 valence electrons. The predicted molar refractivity (Wildman–Crippen MR) is 94.7 cm³/mol. The van der Waals surface area contributed by atoms with Gasteiger partial charge in [0.25, 0.3) is 0 Å². The highest BCUT2D eigenvalue weighted by Crippen LogP contribution is 2.28. The van der Waals surface area contributed by atoms with Gasteiger partial charge in [-0.1, -0.05) is 41.9 Å². The molecule has 0 aliphatic carbocycles. The Hall–Kier alpha value is -0.380. The zero-order chi connectivity index (χ0) is 15.2. The number of benzene rings is 1.